The van der Waals surface area contributed by atoms with Gasteiger partial charge in [-0.15, -0.1) is 0 Å². The maximum Gasteiger partial charge on any atom is 0.330 e. The zero-order valence-corrected chi connectivity index (χ0v) is 30.2. The normalized spacial score (nSPS) is 22.9. The van der Waals surface area contributed by atoms with Gasteiger partial charge in [-0.2, -0.15) is 4.98 Å². The van der Waals surface area contributed by atoms with Gasteiger partial charge >= 0.3 is 6.03 Å². The smallest absolute Gasteiger partial charge is 0.330 e. The Bertz CT molecular complexity index is 1970. The summed E-state index contributed by atoms with van der Waals surface area (Å²) in [5.74, 6) is 0.171. The highest BCUT2D eigenvalue weighted by molar-refractivity contribution is 6.10. The molecule has 0 spiro atoms. The number of carbonyl (C=O) groups excluding carboxylic acids is 3. The number of rotatable bonds is 10. The standard InChI is InChI=1S/C40H45N9O3/c1-7-25(2)35-38(51)42-21-20-30(14-11-15-33(46-35)29-12-9-8-10-13-29)37(50)45-32-19-16-26(3)34(22-32)49-24-31-23-43-39(44-28(5)18-17-27(4)41)47-36(31)48(6)40(49)52/h8-18,20-23,25,32,35,41H,5,7,19,24H2,1-4,6H3,(H,42,51)(H,45,50)(H,43,44,47)/b15-11+,18-17-,21-20+,30-14+,41-27?,46-33+/t25?,32?,35-/m1/s1. The molecule has 2 unspecified atom stereocenters. The number of hydrogen-bond acceptors (Lipinski definition) is 8. The van der Waals surface area contributed by atoms with Crippen LogP contribution in [0.15, 0.2) is 125 Å². The van der Waals surface area contributed by atoms with Crippen molar-refractivity contribution in [2.75, 3.05) is 17.3 Å². The molecule has 2 aromatic rings. The number of benzene rings is 1. The Balaban J connectivity index is 1.35. The van der Waals surface area contributed by atoms with Gasteiger partial charge in [0.25, 0.3) is 5.91 Å². The lowest BCUT2D eigenvalue weighted by Crippen LogP contribution is -2.46. The first-order valence-corrected chi connectivity index (χ1v) is 17.2. The predicted molar refractivity (Wildman–Crippen MR) is 206 cm³/mol. The highest BCUT2D eigenvalue weighted by Crippen LogP contribution is 2.32. The minimum atomic E-state index is -0.607. The number of amides is 4. The van der Waals surface area contributed by atoms with Gasteiger partial charge < -0.3 is 21.4 Å². The first-order chi connectivity index (χ1) is 24.9. The van der Waals surface area contributed by atoms with E-state index in [4.69, 9.17) is 10.4 Å². The topological polar surface area (TPSA) is 156 Å². The molecule has 0 fully saturated rings. The molecule has 4 N–H and O–H groups in total. The summed E-state index contributed by atoms with van der Waals surface area (Å²) >= 11 is 0. The van der Waals surface area contributed by atoms with Crippen LogP contribution in [0, 0.1) is 11.3 Å². The van der Waals surface area contributed by atoms with E-state index in [1.165, 1.54) is 11.1 Å². The summed E-state index contributed by atoms with van der Waals surface area (Å²) in [6, 6.07) is 8.36. The molecule has 52 heavy (non-hydrogen) atoms. The first kappa shape index (κ1) is 37.1. The van der Waals surface area contributed by atoms with Gasteiger partial charge in [0.05, 0.1) is 18.3 Å². The van der Waals surface area contributed by atoms with Crippen molar-refractivity contribution < 1.29 is 14.4 Å². The first-order valence-electron chi connectivity index (χ1n) is 17.2. The van der Waals surface area contributed by atoms with Crippen molar-refractivity contribution in [1.82, 2.24) is 25.5 Å². The molecule has 0 saturated carbocycles. The molecule has 3 atom stereocenters. The third-order valence-electron chi connectivity index (χ3n) is 8.94. The summed E-state index contributed by atoms with van der Waals surface area (Å²) in [5, 5.41) is 16.5. The minimum absolute atomic E-state index is 0.000851. The predicted octanol–water partition coefficient (Wildman–Crippen LogP) is 6.12. The fraction of sp³-hybridized carbons (Fsp3) is 0.275. The van der Waals surface area contributed by atoms with Crippen LogP contribution in [0.5, 0.6) is 0 Å². The number of allylic oxidation sites excluding steroid dienone is 6. The third-order valence-corrected chi connectivity index (χ3v) is 8.94. The maximum atomic E-state index is 13.7. The zero-order valence-electron chi connectivity index (χ0n) is 30.2. The molecule has 1 aromatic heterocycles. The van der Waals surface area contributed by atoms with E-state index in [1.807, 2.05) is 69.3 Å². The molecule has 4 amide bonds. The molecule has 0 bridgehead atoms. The number of fused-ring (bicyclic) bond motifs is 1. The van der Waals surface area contributed by atoms with E-state index >= 15 is 0 Å². The Hall–Kier alpha value is -6.17. The summed E-state index contributed by atoms with van der Waals surface area (Å²) in [7, 11) is 1.66. The summed E-state index contributed by atoms with van der Waals surface area (Å²) in [6.45, 7) is 11.8. The van der Waals surface area contributed by atoms with Crippen molar-refractivity contribution in [1.29, 1.82) is 5.41 Å². The molecule has 12 heteroatoms. The average molecular weight is 700 g/mol. The summed E-state index contributed by atoms with van der Waals surface area (Å²) in [6.07, 6.45) is 18.5. The lowest BCUT2D eigenvalue weighted by atomic mass is 9.98. The van der Waals surface area contributed by atoms with Gasteiger partial charge in [0.2, 0.25) is 11.9 Å². The van der Waals surface area contributed by atoms with Crippen LogP contribution in [-0.4, -0.2) is 63.3 Å². The summed E-state index contributed by atoms with van der Waals surface area (Å²) in [5.41, 5.74) is 5.07. The highest BCUT2D eigenvalue weighted by Gasteiger charge is 2.33. The Morgan fingerprint density at radius 3 is 2.69 bits per heavy atom. The van der Waals surface area contributed by atoms with E-state index in [2.05, 4.69) is 32.5 Å². The molecule has 0 saturated heterocycles. The van der Waals surface area contributed by atoms with Gasteiger partial charge in [-0.1, -0.05) is 69.3 Å². The van der Waals surface area contributed by atoms with Crippen LogP contribution >= 0.6 is 0 Å². The van der Waals surface area contributed by atoms with Crippen LogP contribution in [0.1, 0.15) is 51.7 Å². The fourth-order valence-corrected chi connectivity index (χ4v) is 5.81. The van der Waals surface area contributed by atoms with Crippen molar-refractivity contribution >= 4 is 41.0 Å². The minimum Gasteiger partial charge on any atom is -0.345 e. The molecule has 1 aromatic carbocycles. The fourth-order valence-electron chi connectivity index (χ4n) is 5.81. The second-order valence-corrected chi connectivity index (χ2v) is 12.9. The van der Waals surface area contributed by atoms with E-state index in [9.17, 15) is 14.4 Å². The zero-order chi connectivity index (χ0) is 37.4. The number of urea groups is 1. The van der Waals surface area contributed by atoms with E-state index < -0.39 is 12.1 Å². The SMILES string of the molecule is C=C(/C=C\C(C)=N)Nc1ncc2c(n1)N(C)C(=O)N(C1=CC(NC(=O)C3=C/C=C/C(c4ccccc4)=N\[C@H](C(C)CC)C(=O)N\C=C\3)CC=C1C)C2. The molecule has 12 nitrogen and oxygen atoms in total. The number of hydrogen-bond donors (Lipinski definition) is 4. The van der Waals surface area contributed by atoms with Gasteiger partial charge in [0, 0.05) is 47.7 Å². The van der Waals surface area contributed by atoms with E-state index in [-0.39, 0.29) is 36.3 Å². The van der Waals surface area contributed by atoms with Gasteiger partial charge in [-0.25, -0.2) is 9.78 Å². The Morgan fingerprint density at radius 2 is 1.96 bits per heavy atom. The molecule has 1 aliphatic carbocycles. The van der Waals surface area contributed by atoms with Crippen LogP contribution in [0.2, 0.25) is 0 Å². The van der Waals surface area contributed by atoms with Gasteiger partial charge in [0.15, 0.2) is 0 Å². The molecule has 5 rings (SSSR count). The van der Waals surface area contributed by atoms with E-state index in [1.54, 1.807) is 55.4 Å². The Labute approximate surface area is 304 Å². The third kappa shape index (κ3) is 8.94. The molecular weight excluding hydrogens is 655 g/mol. The highest BCUT2D eigenvalue weighted by atomic mass is 16.2. The number of nitrogens with one attached hydrogen (secondary N) is 4. The second kappa shape index (κ2) is 16.7. The van der Waals surface area contributed by atoms with Crippen LogP contribution in [0.25, 0.3) is 0 Å². The number of nitrogens with zero attached hydrogens (tertiary/aromatic N) is 5. The molecule has 3 heterocycles. The van der Waals surface area contributed by atoms with Crippen molar-refractivity contribution in [3.8, 4) is 0 Å². The summed E-state index contributed by atoms with van der Waals surface area (Å²) < 4.78 is 0. The summed E-state index contributed by atoms with van der Waals surface area (Å²) in [4.78, 5) is 57.7. The number of carbonyl (C=O) groups is 3. The largest absolute Gasteiger partial charge is 0.345 e. The van der Waals surface area contributed by atoms with Crippen LogP contribution in [0.4, 0.5) is 16.6 Å². The number of aromatic nitrogens is 2. The van der Waals surface area contributed by atoms with Gasteiger partial charge in [0.1, 0.15) is 11.9 Å². The quantitative estimate of drug-likeness (QED) is 0.173. The van der Waals surface area contributed by atoms with Crippen molar-refractivity contribution in [3.05, 3.63) is 132 Å². The van der Waals surface area contributed by atoms with Crippen molar-refractivity contribution in [2.24, 2.45) is 10.9 Å². The molecular formula is C40H45N9O3. The Morgan fingerprint density at radius 1 is 1.19 bits per heavy atom. The number of anilines is 2. The van der Waals surface area contributed by atoms with Gasteiger partial charge in [-0.3, -0.25) is 24.4 Å². The Kier molecular flexibility index (Phi) is 11.9. The van der Waals surface area contributed by atoms with E-state index in [0.717, 1.165) is 23.1 Å². The maximum absolute atomic E-state index is 13.7. The monoisotopic (exact) mass is 699 g/mol. The van der Waals surface area contributed by atoms with E-state index in [0.29, 0.717) is 40.6 Å². The molecule has 268 valence electrons. The second-order valence-electron chi connectivity index (χ2n) is 12.9. The van der Waals surface area contributed by atoms with Crippen molar-refractivity contribution in [2.45, 2.75) is 59.2 Å². The average Bonchev–Trinajstić information content (AvgIpc) is 3.17. The lowest BCUT2D eigenvalue weighted by molar-refractivity contribution is -0.122. The van der Waals surface area contributed by atoms with Crippen LogP contribution < -0.4 is 20.9 Å². The number of aliphatic imine (C=N–C) groups is 1. The molecule has 2 aliphatic heterocycles. The molecule has 0 radical (unpaired) electrons. The molecule has 3 aliphatic rings. The van der Waals surface area contributed by atoms with Crippen LogP contribution in [0.3, 0.4) is 0 Å². The van der Waals surface area contributed by atoms with Crippen molar-refractivity contribution in [3.63, 3.8) is 0 Å². The van der Waals surface area contributed by atoms with Gasteiger partial charge in [-0.05, 0) is 73.8 Å². The van der Waals surface area contributed by atoms with Crippen LogP contribution in [-0.2, 0) is 16.1 Å². The lowest BCUT2D eigenvalue weighted by Gasteiger charge is -2.37.